The lowest BCUT2D eigenvalue weighted by atomic mass is 10.2. The highest BCUT2D eigenvalue weighted by molar-refractivity contribution is 7.99. The molecule has 2 nitrogen and oxygen atoms in total. The molecule has 0 aromatic heterocycles. The summed E-state index contributed by atoms with van der Waals surface area (Å²) in [4.78, 5) is 1.10. The molecule has 0 amide bonds. The summed E-state index contributed by atoms with van der Waals surface area (Å²) in [6.45, 7) is 2.66. The van der Waals surface area contributed by atoms with E-state index in [-0.39, 0.29) is 0 Å². The smallest absolute Gasteiger partial charge is 0.120 e. The van der Waals surface area contributed by atoms with Crippen LogP contribution < -0.4 is 10.5 Å². The minimum Gasteiger partial charge on any atom is -0.493 e. The molecule has 0 unspecified atom stereocenters. The fraction of sp³-hybridized carbons (Fsp3) is 0.200. The molecule has 0 aliphatic heterocycles. The fourth-order valence-electron chi connectivity index (χ4n) is 1.67. The van der Waals surface area contributed by atoms with E-state index in [0.717, 1.165) is 22.1 Å². The van der Waals surface area contributed by atoms with E-state index in [4.69, 9.17) is 22.1 Å². The first-order valence-electron chi connectivity index (χ1n) is 6.02. The van der Waals surface area contributed by atoms with Gasteiger partial charge in [-0.2, -0.15) is 0 Å². The number of anilines is 1. The molecule has 4 heteroatoms. The standard InChI is InChI=1S/C15H16ClNOS/c1-11-5-6-15(14(17)9-11)19-8-7-18-13-4-2-3-12(16)10-13/h2-6,9-10H,7-8,17H2,1H3. The lowest BCUT2D eigenvalue weighted by Crippen LogP contribution is -2.00. The zero-order chi connectivity index (χ0) is 13.7. The van der Waals surface area contributed by atoms with Crippen molar-refractivity contribution in [3.8, 4) is 5.75 Å². The SMILES string of the molecule is Cc1ccc(SCCOc2cccc(Cl)c2)c(N)c1. The van der Waals surface area contributed by atoms with Crippen LogP contribution in [-0.4, -0.2) is 12.4 Å². The van der Waals surface area contributed by atoms with Crippen LogP contribution in [0.2, 0.25) is 5.02 Å². The van der Waals surface area contributed by atoms with Gasteiger partial charge in [0.05, 0.1) is 6.61 Å². The summed E-state index contributed by atoms with van der Waals surface area (Å²) in [6, 6.07) is 13.5. The van der Waals surface area contributed by atoms with Crippen LogP contribution in [0, 0.1) is 6.92 Å². The number of hydrogen-bond donors (Lipinski definition) is 1. The summed E-state index contributed by atoms with van der Waals surface area (Å²) < 4.78 is 5.63. The molecule has 2 rings (SSSR count). The summed E-state index contributed by atoms with van der Waals surface area (Å²) in [7, 11) is 0. The molecule has 2 aromatic rings. The van der Waals surface area contributed by atoms with Gasteiger partial charge in [0.25, 0.3) is 0 Å². The predicted molar refractivity (Wildman–Crippen MR) is 83.3 cm³/mol. The van der Waals surface area contributed by atoms with Crippen LogP contribution in [0.25, 0.3) is 0 Å². The number of halogens is 1. The number of nitrogen functional groups attached to an aromatic ring is 1. The number of thioether (sulfide) groups is 1. The van der Waals surface area contributed by atoms with Crippen molar-refractivity contribution in [2.45, 2.75) is 11.8 Å². The van der Waals surface area contributed by atoms with Crippen molar-refractivity contribution in [3.63, 3.8) is 0 Å². The van der Waals surface area contributed by atoms with Crippen molar-refractivity contribution in [1.29, 1.82) is 0 Å². The van der Waals surface area contributed by atoms with Crippen LogP contribution in [0.5, 0.6) is 5.75 Å². The lowest BCUT2D eigenvalue weighted by molar-refractivity contribution is 0.344. The molecule has 0 fully saturated rings. The second-order valence-electron chi connectivity index (χ2n) is 4.20. The van der Waals surface area contributed by atoms with Crippen LogP contribution in [0.15, 0.2) is 47.4 Å². The van der Waals surface area contributed by atoms with E-state index in [1.807, 2.05) is 37.3 Å². The average molecular weight is 294 g/mol. The van der Waals surface area contributed by atoms with Crippen LogP contribution in [0.1, 0.15) is 5.56 Å². The molecule has 0 aliphatic rings. The highest BCUT2D eigenvalue weighted by Gasteiger charge is 2.01. The fourth-order valence-corrected chi connectivity index (χ4v) is 2.62. The van der Waals surface area contributed by atoms with Gasteiger partial charge in [0.15, 0.2) is 0 Å². The van der Waals surface area contributed by atoms with Crippen molar-refractivity contribution in [2.24, 2.45) is 0 Å². The number of nitrogens with two attached hydrogens (primary N) is 1. The van der Waals surface area contributed by atoms with E-state index in [0.29, 0.717) is 11.6 Å². The summed E-state index contributed by atoms with van der Waals surface area (Å²) in [6.07, 6.45) is 0. The molecule has 0 aliphatic carbocycles. The summed E-state index contributed by atoms with van der Waals surface area (Å²) >= 11 is 7.58. The van der Waals surface area contributed by atoms with E-state index in [1.165, 1.54) is 5.56 Å². The van der Waals surface area contributed by atoms with E-state index in [9.17, 15) is 0 Å². The van der Waals surface area contributed by atoms with Gasteiger partial charge in [-0.3, -0.25) is 0 Å². The van der Waals surface area contributed by atoms with Gasteiger partial charge in [0.2, 0.25) is 0 Å². The Bertz CT molecular complexity index is 560. The maximum Gasteiger partial charge on any atom is 0.120 e. The Morgan fingerprint density at radius 2 is 2.05 bits per heavy atom. The van der Waals surface area contributed by atoms with Gasteiger partial charge in [-0.25, -0.2) is 0 Å². The Balaban J connectivity index is 1.81. The summed E-state index contributed by atoms with van der Waals surface area (Å²) in [5, 5.41) is 0.688. The van der Waals surface area contributed by atoms with Crippen LogP contribution in [0.3, 0.4) is 0 Å². The van der Waals surface area contributed by atoms with Crippen molar-refractivity contribution in [1.82, 2.24) is 0 Å². The predicted octanol–water partition coefficient (Wildman–Crippen LogP) is 4.40. The van der Waals surface area contributed by atoms with E-state index < -0.39 is 0 Å². The minimum absolute atomic E-state index is 0.623. The second-order valence-corrected chi connectivity index (χ2v) is 5.77. The third-order valence-corrected chi connectivity index (χ3v) is 3.86. The Hall–Kier alpha value is -1.32. The van der Waals surface area contributed by atoms with Gasteiger partial charge in [-0.1, -0.05) is 23.7 Å². The molecule has 0 atom stereocenters. The van der Waals surface area contributed by atoms with Crippen molar-refractivity contribution < 1.29 is 4.74 Å². The second kappa shape index (κ2) is 6.73. The Morgan fingerprint density at radius 3 is 2.79 bits per heavy atom. The van der Waals surface area contributed by atoms with Crippen molar-refractivity contribution >= 4 is 29.1 Å². The van der Waals surface area contributed by atoms with Crippen LogP contribution >= 0.6 is 23.4 Å². The monoisotopic (exact) mass is 293 g/mol. The molecular formula is C15H16ClNOS. The van der Waals surface area contributed by atoms with Crippen molar-refractivity contribution in [2.75, 3.05) is 18.1 Å². The van der Waals surface area contributed by atoms with Crippen LogP contribution in [-0.2, 0) is 0 Å². The number of rotatable bonds is 5. The Labute approximate surface area is 122 Å². The molecule has 2 N–H and O–H groups in total. The highest BCUT2D eigenvalue weighted by Crippen LogP contribution is 2.26. The number of aryl methyl sites for hydroxylation is 1. The molecule has 100 valence electrons. The van der Waals surface area contributed by atoms with Gasteiger partial charge in [-0.05, 0) is 42.8 Å². The summed E-state index contributed by atoms with van der Waals surface area (Å²) in [5.41, 5.74) is 7.96. The number of ether oxygens (including phenoxy) is 1. The molecule has 0 saturated heterocycles. The topological polar surface area (TPSA) is 35.2 Å². The zero-order valence-electron chi connectivity index (χ0n) is 10.7. The molecule has 2 aromatic carbocycles. The maximum atomic E-state index is 5.96. The average Bonchev–Trinajstić information content (AvgIpc) is 2.37. The normalized spacial score (nSPS) is 10.4. The Kier molecular flexibility index (Phi) is 5.00. The van der Waals surface area contributed by atoms with E-state index >= 15 is 0 Å². The first-order chi connectivity index (χ1) is 9.15. The van der Waals surface area contributed by atoms with Crippen LogP contribution in [0.4, 0.5) is 5.69 Å². The van der Waals surface area contributed by atoms with E-state index in [2.05, 4.69) is 12.1 Å². The maximum absolute atomic E-state index is 5.96. The van der Waals surface area contributed by atoms with Gasteiger partial charge in [0, 0.05) is 21.4 Å². The van der Waals surface area contributed by atoms with Gasteiger partial charge in [0.1, 0.15) is 5.75 Å². The largest absolute Gasteiger partial charge is 0.493 e. The van der Waals surface area contributed by atoms with Gasteiger partial charge in [-0.15, -0.1) is 11.8 Å². The zero-order valence-corrected chi connectivity index (χ0v) is 12.3. The molecular weight excluding hydrogens is 278 g/mol. The molecule has 0 heterocycles. The van der Waals surface area contributed by atoms with Crippen molar-refractivity contribution in [3.05, 3.63) is 53.1 Å². The first-order valence-corrected chi connectivity index (χ1v) is 7.39. The van der Waals surface area contributed by atoms with Gasteiger partial charge >= 0.3 is 0 Å². The molecule has 0 spiro atoms. The third-order valence-electron chi connectivity index (χ3n) is 2.57. The molecule has 0 saturated carbocycles. The van der Waals surface area contributed by atoms with Gasteiger partial charge < -0.3 is 10.5 Å². The number of benzene rings is 2. The quantitative estimate of drug-likeness (QED) is 0.504. The highest BCUT2D eigenvalue weighted by atomic mass is 35.5. The van der Waals surface area contributed by atoms with E-state index in [1.54, 1.807) is 11.8 Å². The lowest BCUT2D eigenvalue weighted by Gasteiger charge is -2.08. The third kappa shape index (κ3) is 4.37. The summed E-state index contributed by atoms with van der Waals surface area (Å²) in [5.74, 6) is 1.64. The molecule has 19 heavy (non-hydrogen) atoms. The Morgan fingerprint density at radius 1 is 1.21 bits per heavy atom. The minimum atomic E-state index is 0.623. The molecule has 0 radical (unpaired) electrons. The number of hydrogen-bond acceptors (Lipinski definition) is 3. The first kappa shape index (κ1) is 14.1. The molecule has 0 bridgehead atoms.